The van der Waals surface area contributed by atoms with Crippen LogP contribution in [-0.4, -0.2) is 96.7 Å². The monoisotopic (exact) mass is 1400 g/mol. The first-order valence-electron chi connectivity index (χ1n) is 39.5. The van der Waals surface area contributed by atoms with Crippen LogP contribution in [0, 0.1) is 11.8 Å². The largest absolute Gasteiger partial charge is 0.472 e. The average Bonchev–Trinajstić information content (AvgIpc) is 1.39. The number of carbonyl (C=O) groups is 4. The van der Waals surface area contributed by atoms with Gasteiger partial charge < -0.3 is 33.8 Å². The van der Waals surface area contributed by atoms with Gasteiger partial charge in [0.2, 0.25) is 0 Å². The number of esters is 4. The minimum Gasteiger partial charge on any atom is -0.462 e. The number of phosphoric ester groups is 2. The molecule has 0 saturated carbocycles. The number of ether oxygens (including phenoxy) is 4. The van der Waals surface area contributed by atoms with Crippen molar-refractivity contribution < 1.29 is 80.2 Å². The zero-order valence-corrected chi connectivity index (χ0v) is 63.8. The summed E-state index contributed by atoms with van der Waals surface area (Å²) in [5, 5.41) is 10.6. The summed E-state index contributed by atoms with van der Waals surface area (Å²) in [6.45, 7) is 9.60. The summed E-state index contributed by atoms with van der Waals surface area (Å²) < 4.78 is 68.3. The molecule has 0 rings (SSSR count). The highest BCUT2D eigenvalue weighted by molar-refractivity contribution is 7.47. The first kappa shape index (κ1) is 93.1. The van der Waals surface area contributed by atoms with Crippen molar-refractivity contribution in [2.24, 2.45) is 11.8 Å². The first-order chi connectivity index (χ1) is 45.9. The van der Waals surface area contributed by atoms with E-state index in [9.17, 15) is 43.2 Å². The summed E-state index contributed by atoms with van der Waals surface area (Å²) in [4.78, 5) is 72.6. The van der Waals surface area contributed by atoms with E-state index in [0.29, 0.717) is 25.7 Å². The molecule has 5 atom stereocenters. The molecule has 3 N–H and O–H groups in total. The van der Waals surface area contributed by atoms with E-state index >= 15 is 0 Å². The van der Waals surface area contributed by atoms with Crippen LogP contribution in [0.2, 0.25) is 0 Å². The van der Waals surface area contributed by atoms with E-state index < -0.39 is 97.5 Å². The third-order valence-electron chi connectivity index (χ3n) is 17.7. The predicted molar refractivity (Wildman–Crippen MR) is 386 cm³/mol. The van der Waals surface area contributed by atoms with Gasteiger partial charge in [-0.05, 0) is 37.5 Å². The topological polar surface area (TPSA) is 237 Å². The number of aliphatic hydroxyl groups is 1. The van der Waals surface area contributed by atoms with Crippen LogP contribution >= 0.6 is 15.6 Å². The van der Waals surface area contributed by atoms with Gasteiger partial charge in [-0.1, -0.05) is 343 Å². The lowest BCUT2D eigenvalue weighted by atomic mass is 10.0. The summed E-state index contributed by atoms with van der Waals surface area (Å²) in [6.07, 6.45) is 55.7. The highest BCUT2D eigenvalue weighted by Gasteiger charge is 2.30. The molecule has 19 heteroatoms. The molecular weight excluding hydrogens is 1250 g/mol. The Labute approximate surface area is 581 Å². The van der Waals surface area contributed by atoms with Crippen molar-refractivity contribution in [3.63, 3.8) is 0 Å². The summed E-state index contributed by atoms with van der Waals surface area (Å²) >= 11 is 0. The van der Waals surface area contributed by atoms with Gasteiger partial charge in [0.15, 0.2) is 12.2 Å². The lowest BCUT2D eigenvalue weighted by molar-refractivity contribution is -0.161. The summed E-state index contributed by atoms with van der Waals surface area (Å²) in [5.41, 5.74) is 0. The molecule has 0 aliphatic heterocycles. The minimum absolute atomic E-state index is 0.106. The van der Waals surface area contributed by atoms with E-state index in [2.05, 4.69) is 41.5 Å². The van der Waals surface area contributed by atoms with Crippen LogP contribution in [0.5, 0.6) is 0 Å². The van der Waals surface area contributed by atoms with E-state index in [1.165, 1.54) is 199 Å². The number of rotatable bonds is 75. The van der Waals surface area contributed by atoms with Crippen LogP contribution in [0.3, 0.4) is 0 Å². The van der Waals surface area contributed by atoms with Gasteiger partial charge in [0.1, 0.15) is 19.3 Å². The van der Waals surface area contributed by atoms with E-state index in [1.807, 2.05) is 0 Å². The van der Waals surface area contributed by atoms with Crippen LogP contribution in [0.1, 0.15) is 395 Å². The van der Waals surface area contributed by atoms with Crippen molar-refractivity contribution in [2.75, 3.05) is 39.6 Å². The molecule has 0 saturated heterocycles. The zero-order chi connectivity index (χ0) is 70.0. The Morgan fingerprint density at radius 1 is 0.284 bits per heavy atom. The Bertz CT molecular complexity index is 1840. The molecule has 0 radical (unpaired) electrons. The Morgan fingerprint density at radius 2 is 0.484 bits per heavy atom. The molecular formula is C76H148O17P2. The van der Waals surface area contributed by atoms with Crippen molar-refractivity contribution in [1.29, 1.82) is 0 Å². The van der Waals surface area contributed by atoms with Crippen LogP contribution in [-0.2, 0) is 65.4 Å². The third kappa shape index (κ3) is 70.3. The number of hydrogen-bond donors (Lipinski definition) is 3. The summed E-state index contributed by atoms with van der Waals surface area (Å²) in [5.74, 6) is -0.501. The number of carbonyl (C=O) groups excluding carboxylic acids is 4. The fourth-order valence-corrected chi connectivity index (χ4v) is 13.2. The van der Waals surface area contributed by atoms with E-state index in [0.717, 1.165) is 115 Å². The Balaban J connectivity index is 5.15. The smallest absolute Gasteiger partial charge is 0.462 e. The molecule has 0 aromatic carbocycles. The van der Waals surface area contributed by atoms with Crippen molar-refractivity contribution in [1.82, 2.24) is 0 Å². The van der Waals surface area contributed by atoms with Gasteiger partial charge in [-0.3, -0.25) is 37.3 Å². The quantitative estimate of drug-likeness (QED) is 0.0222. The number of aliphatic hydroxyl groups excluding tert-OH is 1. The maximum Gasteiger partial charge on any atom is 0.472 e. The van der Waals surface area contributed by atoms with Gasteiger partial charge in [0.25, 0.3) is 0 Å². The minimum atomic E-state index is -4.96. The highest BCUT2D eigenvalue weighted by Crippen LogP contribution is 2.45. The average molecular weight is 1400 g/mol. The van der Waals surface area contributed by atoms with Crippen LogP contribution < -0.4 is 0 Å². The summed E-state index contributed by atoms with van der Waals surface area (Å²) in [6, 6.07) is 0. The van der Waals surface area contributed by atoms with Gasteiger partial charge in [-0.2, -0.15) is 0 Å². The molecule has 0 aromatic heterocycles. The molecule has 2 unspecified atom stereocenters. The molecule has 0 aliphatic carbocycles. The van der Waals surface area contributed by atoms with Crippen LogP contribution in [0.15, 0.2) is 0 Å². The molecule has 0 spiro atoms. The SMILES string of the molecule is CCCCCCCCCCCCC(=O)O[C@H](COC(=O)CCCCCCCCC)COP(=O)(O)OC[C@H](O)COP(=O)(O)OC[C@@H](COC(=O)CCCCCCCCCCCCCCCCC(C)C)OC(=O)CCCCCCCCCCCCCCCCCCCCC(C)C. The Hall–Kier alpha value is -1.94. The van der Waals surface area contributed by atoms with Crippen molar-refractivity contribution in [3.8, 4) is 0 Å². The molecule has 95 heavy (non-hydrogen) atoms. The van der Waals surface area contributed by atoms with Gasteiger partial charge >= 0.3 is 39.5 Å². The third-order valence-corrected chi connectivity index (χ3v) is 19.6. The maximum atomic E-state index is 13.1. The maximum absolute atomic E-state index is 13.1. The van der Waals surface area contributed by atoms with Crippen molar-refractivity contribution in [2.45, 2.75) is 413 Å². The van der Waals surface area contributed by atoms with E-state index in [-0.39, 0.29) is 25.7 Å². The van der Waals surface area contributed by atoms with Crippen molar-refractivity contribution in [3.05, 3.63) is 0 Å². The van der Waals surface area contributed by atoms with Gasteiger partial charge in [-0.15, -0.1) is 0 Å². The highest BCUT2D eigenvalue weighted by atomic mass is 31.2. The second-order valence-electron chi connectivity index (χ2n) is 28.3. The summed E-state index contributed by atoms with van der Waals surface area (Å²) in [7, 11) is -9.90. The fourth-order valence-electron chi connectivity index (χ4n) is 11.7. The van der Waals surface area contributed by atoms with Crippen LogP contribution in [0.25, 0.3) is 0 Å². The van der Waals surface area contributed by atoms with Gasteiger partial charge in [0, 0.05) is 25.7 Å². The predicted octanol–water partition coefficient (Wildman–Crippen LogP) is 22.3. The van der Waals surface area contributed by atoms with Crippen LogP contribution in [0.4, 0.5) is 0 Å². The van der Waals surface area contributed by atoms with Gasteiger partial charge in [0.05, 0.1) is 26.4 Å². The second kappa shape index (κ2) is 67.9. The van der Waals surface area contributed by atoms with Gasteiger partial charge in [-0.25, -0.2) is 9.13 Å². The molecule has 0 amide bonds. The molecule has 0 bridgehead atoms. The van der Waals surface area contributed by atoms with E-state index in [4.69, 9.17) is 37.0 Å². The molecule has 564 valence electrons. The molecule has 0 aromatic rings. The number of phosphoric acid groups is 2. The fraction of sp³-hybridized carbons (Fsp3) is 0.947. The van der Waals surface area contributed by atoms with Crippen molar-refractivity contribution >= 4 is 39.5 Å². The molecule has 0 heterocycles. The number of unbranched alkanes of at least 4 members (excludes halogenated alkanes) is 45. The lowest BCUT2D eigenvalue weighted by Gasteiger charge is -2.21. The molecule has 0 fully saturated rings. The normalized spacial score (nSPS) is 14.0. The van der Waals surface area contributed by atoms with E-state index in [1.54, 1.807) is 0 Å². The standard InChI is InChI=1S/C76H148O17P2/c1-7-9-11-13-15-16-35-42-48-54-60-75(80)92-71(64-86-73(78)58-52-46-38-14-12-10-8-2)66-90-94(82,83)88-62-70(77)63-89-95(84,85)91-67-72(65-87-74(79)59-53-47-41-36-31-27-24-23-26-30-34-40-45-51-57-69(5)6)93-76(81)61-55-49-43-37-32-28-22-20-18-17-19-21-25-29-33-39-44-50-56-68(3)4/h68-72,77H,7-67H2,1-6H3,(H,82,83)(H,84,85)/t70-,71+,72+/m0/s1. The lowest BCUT2D eigenvalue weighted by Crippen LogP contribution is -2.30. The molecule has 0 aliphatic rings. The Morgan fingerprint density at radius 3 is 0.716 bits per heavy atom. The first-order valence-corrected chi connectivity index (χ1v) is 42.5. The number of hydrogen-bond acceptors (Lipinski definition) is 15. The Kier molecular flexibility index (Phi) is 66.5. The molecule has 17 nitrogen and oxygen atoms in total. The zero-order valence-electron chi connectivity index (χ0n) is 62.0. The second-order valence-corrected chi connectivity index (χ2v) is 31.3.